The lowest BCUT2D eigenvalue weighted by Gasteiger charge is -2.29. The highest BCUT2D eigenvalue weighted by atomic mass is 32.1. The third-order valence-electron chi connectivity index (χ3n) is 5.17. The molecule has 1 heterocycles. The Morgan fingerprint density at radius 3 is 2.16 bits per heavy atom. The zero-order valence-corrected chi connectivity index (χ0v) is 19.7. The van der Waals surface area contributed by atoms with Crippen molar-refractivity contribution in [2.75, 3.05) is 5.75 Å². The lowest BCUT2D eigenvalue weighted by atomic mass is 9.96. The number of H-pyrrole nitrogens is 1. The summed E-state index contributed by atoms with van der Waals surface area (Å²) in [5.74, 6) is -3.58. The topological polar surface area (TPSA) is 179 Å². The molecule has 0 saturated heterocycles. The molecule has 0 aromatic carbocycles. The monoisotopic (exact) mass is 470 g/mol. The molecule has 1 aromatic rings. The van der Waals surface area contributed by atoms with Gasteiger partial charge in [0.25, 0.3) is 0 Å². The third kappa shape index (κ3) is 8.15. The number of nitrogens with zero attached hydrogens (tertiary/aromatic N) is 1. The standard InChI is InChI=1S/C20H34N6O5S/c1-5-11(4)16(26-17(27)13(21)6-12-7-22-9-23-12)19(29)25-15(10(2)3)18(28)24-14(8-32)20(30)31/h7,9-11,13-16,32H,5-6,8,21H2,1-4H3,(H,22,23)(H,24,28)(H,25,29)(H,26,27)(H,30,31). The molecule has 1 rings (SSSR count). The molecule has 180 valence electrons. The van der Waals surface area contributed by atoms with Crippen molar-refractivity contribution in [2.24, 2.45) is 17.6 Å². The number of nitrogens with two attached hydrogens (primary N) is 1. The Labute approximate surface area is 193 Å². The van der Waals surface area contributed by atoms with E-state index < -0.39 is 47.9 Å². The van der Waals surface area contributed by atoms with Crippen LogP contribution < -0.4 is 21.7 Å². The minimum atomic E-state index is -1.22. The summed E-state index contributed by atoms with van der Waals surface area (Å²) >= 11 is 3.93. The lowest BCUT2D eigenvalue weighted by molar-refractivity contribution is -0.142. The largest absolute Gasteiger partial charge is 0.480 e. The van der Waals surface area contributed by atoms with Crippen molar-refractivity contribution in [1.82, 2.24) is 25.9 Å². The van der Waals surface area contributed by atoms with Crippen molar-refractivity contribution in [3.8, 4) is 0 Å². The molecule has 0 aliphatic heterocycles. The van der Waals surface area contributed by atoms with E-state index in [1.165, 1.54) is 6.33 Å². The maximum atomic E-state index is 13.0. The van der Waals surface area contributed by atoms with E-state index in [9.17, 15) is 19.2 Å². The minimum absolute atomic E-state index is 0.0976. The molecule has 3 amide bonds. The maximum absolute atomic E-state index is 13.0. The summed E-state index contributed by atoms with van der Waals surface area (Å²) in [6, 6.07) is -4.00. The molecule has 7 N–H and O–H groups in total. The number of aromatic nitrogens is 2. The average Bonchev–Trinajstić information content (AvgIpc) is 3.25. The number of hydrogen-bond acceptors (Lipinski definition) is 7. The highest BCUT2D eigenvalue weighted by molar-refractivity contribution is 7.80. The van der Waals surface area contributed by atoms with Gasteiger partial charge in [-0.2, -0.15) is 12.6 Å². The van der Waals surface area contributed by atoms with Crippen LogP contribution in [-0.2, 0) is 25.6 Å². The van der Waals surface area contributed by atoms with Crippen molar-refractivity contribution in [3.05, 3.63) is 18.2 Å². The summed E-state index contributed by atoms with van der Waals surface area (Å²) in [4.78, 5) is 56.2. The van der Waals surface area contributed by atoms with Crippen LogP contribution in [0.25, 0.3) is 0 Å². The van der Waals surface area contributed by atoms with E-state index in [0.717, 1.165) is 0 Å². The van der Waals surface area contributed by atoms with Crippen LogP contribution in [0.2, 0.25) is 0 Å². The first-order chi connectivity index (χ1) is 15.0. The molecule has 5 atom stereocenters. The Kier molecular flexibility index (Phi) is 11.2. The lowest BCUT2D eigenvalue weighted by Crippen LogP contribution is -2.60. The highest BCUT2D eigenvalue weighted by Crippen LogP contribution is 2.11. The maximum Gasteiger partial charge on any atom is 0.327 e. The van der Waals surface area contributed by atoms with Crippen LogP contribution in [0, 0.1) is 11.8 Å². The van der Waals surface area contributed by atoms with E-state index >= 15 is 0 Å². The van der Waals surface area contributed by atoms with E-state index in [2.05, 4.69) is 38.5 Å². The van der Waals surface area contributed by atoms with Crippen LogP contribution in [0.3, 0.4) is 0 Å². The smallest absolute Gasteiger partial charge is 0.327 e. The normalized spacial score (nSPS) is 15.8. The molecule has 12 heteroatoms. The number of amides is 3. The third-order valence-corrected chi connectivity index (χ3v) is 5.53. The molecular formula is C20H34N6O5S. The Hall–Kier alpha value is -2.60. The van der Waals surface area contributed by atoms with Gasteiger partial charge in [0, 0.05) is 24.1 Å². The first-order valence-corrected chi connectivity index (χ1v) is 11.1. The Bertz CT molecular complexity index is 773. The molecular weight excluding hydrogens is 436 g/mol. The number of carbonyl (C=O) groups is 4. The van der Waals surface area contributed by atoms with Crippen molar-refractivity contribution < 1.29 is 24.3 Å². The van der Waals surface area contributed by atoms with Crippen LogP contribution in [-0.4, -0.2) is 68.7 Å². The Morgan fingerprint density at radius 1 is 1.09 bits per heavy atom. The second-order valence-corrected chi connectivity index (χ2v) is 8.44. The molecule has 0 fully saturated rings. The Balaban J connectivity index is 2.90. The number of imidazole rings is 1. The fourth-order valence-electron chi connectivity index (χ4n) is 2.91. The Morgan fingerprint density at radius 2 is 1.69 bits per heavy atom. The fourth-order valence-corrected chi connectivity index (χ4v) is 3.16. The number of carbonyl (C=O) groups excluding carboxylic acids is 3. The van der Waals surface area contributed by atoms with Crippen LogP contribution >= 0.6 is 12.6 Å². The van der Waals surface area contributed by atoms with Gasteiger partial charge in [-0.3, -0.25) is 14.4 Å². The molecule has 0 saturated carbocycles. The second kappa shape index (κ2) is 13.1. The van der Waals surface area contributed by atoms with Gasteiger partial charge in [-0.15, -0.1) is 0 Å². The molecule has 0 spiro atoms. The number of aliphatic carboxylic acids is 1. The van der Waals surface area contributed by atoms with E-state index in [-0.39, 0.29) is 24.0 Å². The number of carboxylic acids is 1. The first-order valence-electron chi connectivity index (χ1n) is 10.5. The van der Waals surface area contributed by atoms with Gasteiger partial charge in [-0.25, -0.2) is 9.78 Å². The molecule has 1 aromatic heterocycles. The van der Waals surface area contributed by atoms with Gasteiger partial charge in [0.15, 0.2) is 0 Å². The van der Waals surface area contributed by atoms with Gasteiger partial charge in [-0.05, 0) is 11.8 Å². The SMILES string of the molecule is CCC(C)C(NC(=O)C(N)Cc1cnc[nH]1)C(=O)NC(C(=O)NC(CS)C(=O)O)C(C)C. The average molecular weight is 471 g/mol. The van der Waals surface area contributed by atoms with Crippen molar-refractivity contribution in [1.29, 1.82) is 0 Å². The van der Waals surface area contributed by atoms with Crippen LogP contribution in [0.4, 0.5) is 0 Å². The molecule has 0 bridgehead atoms. The zero-order chi connectivity index (χ0) is 24.4. The van der Waals surface area contributed by atoms with Gasteiger partial charge in [-0.1, -0.05) is 34.1 Å². The van der Waals surface area contributed by atoms with E-state index in [4.69, 9.17) is 10.8 Å². The quantitative estimate of drug-likeness (QED) is 0.189. The van der Waals surface area contributed by atoms with Gasteiger partial charge < -0.3 is 31.8 Å². The minimum Gasteiger partial charge on any atom is -0.480 e. The summed E-state index contributed by atoms with van der Waals surface area (Å²) in [7, 11) is 0. The highest BCUT2D eigenvalue weighted by Gasteiger charge is 2.33. The molecule has 0 aliphatic carbocycles. The summed E-state index contributed by atoms with van der Waals surface area (Å²) in [5, 5.41) is 16.9. The van der Waals surface area contributed by atoms with E-state index in [1.807, 2.05) is 6.92 Å². The van der Waals surface area contributed by atoms with Crippen LogP contribution in [0.15, 0.2) is 12.5 Å². The summed E-state index contributed by atoms with van der Waals surface area (Å²) in [5.41, 5.74) is 6.66. The van der Waals surface area contributed by atoms with Gasteiger partial charge in [0.05, 0.1) is 12.4 Å². The van der Waals surface area contributed by atoms with Crippen molar-refractivity contribution in [2.45, 2.75) is 64.7 Å². The van der Waals surface area contributed by atoms with Gasteiger partial charge >= 0.3 is 5.97 Å². The number of hydrogen-bond donors (Lipinski definition) is 7. The number of carboxylic acid groups (broad SMARTS) is 1. The summed E-state index contributed by atoms with van der Waals surface area (Å²) in [6.07, 6.45) is 3.85. The molecule has 5 unspecified atom stereocenters. The second-order valence-electron chi connectivity index (χ2n) is 8.07. The first kappa shape index (κ1) is 27.4. The summed E-state index contributed by atoms with van der Waals surface area (Å²) in [6.45, 7) is 7.12. The predicted molar refractivity (Wildman–Crippen MR) is 122 cm³/mol. The number of nitrogens with one attached hydrogen (secondary N) is 4. The summed E-state index contributed by atoms with van der Waals surface area (Å²) < 4.78 is 0. The number of thiol groups is 1. The zero-order valence-electron chi connectivity index (χ0n) is 18.8. The van der Waals surface area contributed by atoms with Crippen molar-refractivity contribution >= 4 is 36.3 Å². The predicted octanol–water partition coefficient (Wildman–Crippen LogP) is -0.550. The molecule has 0 aliphatic rings. The van der Waals surface area contributed by atoms with E-state index in [0.29, 0.717) is 12.1 Å². The van der Waals surface area contributed by atoms with Crippen LogP contribution in [0.5, 0.6) is 0 Å². The van der Waals surface area contributed by atoms with Gasteiger partial charge in [0.2, 0.25) is 17.7 Å². The van der Waals surface area contributed by atoms with Crippen LogP contribution in [0.1, 0.15) is 39.8 Å². The fraction of sp³-hybridized carbons (Fsp3) is 0.650. The van der Waals surface area contributed by atoms with E-state index in [1.54, 1.807) is 27.0 Å². The molecule has 32 heavy (non-hydrogen) atoms. The number of aromatic amines is 1. The number of rotatable bonds is 13. The van der Waals surface area contributed by atoms with Crippen molar-refractivity contribution in [3.63, 3.8) is 0 Å². The van der Waals surface area contributed by atoms with Gasteiger partial charge in [0.1, 0.15) is 18.1 Å². The molecule has 0 radical (unpaired) electrons. The molecule has 11 nitrogen and oxygen atoms in total.